The molecule has 0 bridgehead atoms. The van der Waals surface area contributed by atoms with Gasteiger partial charge in [-0.15, -0.1) is 0 Å². The lowest BCUT2D eigenvalue weighted by atomic mass is 10.1. The van der Waals surface area contributed by atoms with Gasteiger partial charge in [0, 0.05) is 6.54 Å². The third-order valence-corrected chi connectivity index (χ3v) is 2.25. The molecule has 0 saturated heterocycles. The predicted molar refractivity (Wildman–Crippen MR) is 60.0 cm³/mol. The molecule has 0 aliphatic carbocycles. The molecule has 0 aromatic carbocycles. The van der Waals surface area contributed by atoms with Crippen LogP contribution in [0.25, 0.3) is 0 Å². The molecule has 3 N–H and O–H groups in total. The van der Waals surface area contributed by atoms with E-state index in [-0.39, 0.29) is 11.9 Å². The normalized spacial score (nSPS) is 12.5. The monoisotopic (exact) mass is 200 g/mol. The molecule has 0 fully saturated rings. The smallest absolute Gasteiger partial charge is 0.236 e. The lowest BCUT2D eigenvalue weighted by Crippen LogP contribution is -2.40. The molecule has 0 heterocycles. The fourth-order valence-electron chi connectivity index (χ4n) is 1.30. The van der Waals surface area contributed by atoms with Gasteiger partial charge in [0.05, 0.1) is 6.04 Å². The average Bonchev–Trinajstić information content (AvgIpc) is 2.20. The van der Waals surface area contributed by atoms with E-state index >= 15 is 0 Å². The van der Waals surface area contributed by atoms with Crippen LogP contribution in [0.3, 0.4) is 0 Å². The van der Waals surface area contributed by atoms with E-state index in [1.165, 1.54) is 19.3 Å². The fraction of sp³-hybridized carbons (Fsp3) is 0.909. The van der Waals surface area contributed by atoms with Crippen LogP contribution in [0.5, 0.6) is 0 Å². The summed E-state index contributed by atoms with van der Waals surface area (Å²) in [6, 6.07) is -0.307. The first-order valence-corrected chi connectivity index (χ1v) is 5.75. The Morgan fingerprint density at radius 2 is 1.93 bits per heavy atom. The lowest BCUT2D eigenvalue weighted by molar-refractivity contribution is -0.122. The molecule has 1 amide bonds. The molecule has 1 unspecified atom stereocenters. The second-order valence-corrected chi connectivity index (χ2v) is 3.75. The predicted octanol–water partition coefficient (Wildman–Crippen LogP) is 1.81. The molecule has 0 aliphatic rings. The van der Waals surface area contributed by atoms with Gasteiger partial charge < -0.3 is 11.1 Å². The maximum absolute atomic E-state index is 11.3. The standard InChI is InChI=1S/C11H24N2O/c1-3-5-6-7-8-10(12)11(14)13-9-4-2/h10H,3-9,12H2,1-2H3,(H,13,14). The molecular formula is C11H24N2O. The summed E-state index contributed by atoms with van der Waals surface area (Å²) >= 11 is 0. The van der Waals surface area contributed by atoms with Gasteiger partial charge in [-0.1, -0.05) is 39.5 Å². The summed E-state index contributed by atoms with van der Waals surface area (Å²) in [5.74, 6) is 0.00310. The maximum Gasteiger partial charge on any atom is 0.236 e. The van der Waals surface area contributed by atoms with E-state index in [2.05, 4.69) is 12.2 Å². The van der Waals surface area contributed by atoms with E-state index < -0.39 is 0 Å². The molecule has 3 nitrogen and oxygen atoms in total. The van der Waals surface area contributed by atoms with Crippen LogP contribution in [-0.4, -0.2) is 18.5 Å². The molecule has 0 radical (unpaired) electrons. The Hall–Kier alpha value is -0.570. The topological polar surface area (TPSA) is 55.1 Å². The van der Waals surface area contributed by atoms with Crippen LogP contribution in [0.4, 0.5) is 0 Å². The molecule has 1 atom stereocenters. The van der Waals surface area contributed by atoms with E-state index in [0.29, 0.717) is 0 Å². The Morgan fingerprint density at radius 1 is 1.21 bits per heavy atom. The summed E-state index contributed by atoms with van der Waals surface area (Å²) in [6.45, 7) is 4.95. The summed E-state index contributed by atoms with van der Waals surface area (Å²) in [5, 5.41) is 2.81. The van der Waals surface area contributed by atoms with Gasteiger partial charge in [0.15, 0.2) is 0 Å². The molecule has 0 saturated carbocycles. The average molecular weight is 200 g/mol. The quantitative estimate of drug-likeness (QED) is 0.587. The highest BCUT2D eigenvalue weighted by molar-refractivity contribution is 5.81. The van der Waals surface area contributed by atoms with Crippen molar-refractivity contribution in [1.82, 2.24) is 5.32 Å². The van der Waals surface area contributed by atoms with Gasteiger partial charge in [-0.25, -0.2) is 0 Å². The van der Waals surface area contributed by atoms with Crippen molar-refractivity contribution in [3.8, 4) is 0 Å². The zero-order valence-electron chi connectivity index (χ0n) is 9.51. The molecule has 0 aromatic rings. The Kier molecular flexibility index (Phi) is 8.64. The number of carbonyl (C=O) groups excluding carboxylic acids is 1. The van der Waals surface area contributed by atoms with E-state index in [1.807, 2.05) is 6.92 Å². The van der Waals surface area contributed by atoms with Crippen LogP contribution < -0.4 is 11.1 Å². The highest BCUT2D eigenvalue weighted by atomic mass is 16.2. The first kappa shape index (κ1) is 13.4. The zero-order chi connectivity index (χ0) is 10.8. The number of rotatable bonds is 8. The third kappa shape index (κ3) is 6.89. The molecule has 0 spiro atoms. The van der Waals surface area contributed by atoms with Gasteiger partial charge in [0.2, 0.25) is 5.91 Å². The summed E-state index contributed by atoms with van der Waals surface area (Å²) in [5.41, 5.74) is 5.73. The van der Waals surface area contributed by atoms with Gasteiger partial charge in [0.25, 0.3) is 0 Å². The van der Waals surface area contributed by atoms with Crippen molar-refractivity contribution in [1.29, 1.82) is 0 Å². The van der Waals surface area contributed by atoms with Crippen molar-refractivity contribution < 1.29 is 4.79 Å². The largest absolute Gasteiger partial charge is 0.355 e. The van der Waals surface area contributed by atoms with Gasteiger partial charge in [-0.2, -0.15) is 0 Å². The first-order chi connectivity index (χ1) is 6.72. The second kappa shape index (κ2) is 9.00. The maximum atomic E-state index is 11.3. The Morgan fingerprint density at radius 3 is 2.50 bits per heavy atom. The number of nitrogens with two attached hydrogens (primary N) is 1. The molecule has 3 heteroatoms. The molecule has 84 valence electrons. The number of hydrogen-bond acceptors (Lipinski definition) is 2. The number of nitrogens with one attached hydrogen (secondary N) is 1. The summed E-state index contributed by atoms with van der Waals surface area (Å²) in [7, 11) is 0. The molecular weight excluding hydrogens is 176 g/mol. The van der Waals surface area contributed by atoms with Crippen LogP contribution in [0.15, 0.2) is 0 Å². The lowest BCUT2D eigenvalue weighted by Gasteiger charge is -2.11. The van der Waals surface area contributed by atoms with Crippen molar-refractivity contribution in [2.75, 3.05) is 6.54 Å². The fourth-order valence-corrected chi connectivity index (χ4v) is 1.30. The van der Waals surface area contributed by atoms with Crippen molar-refractivity contribution in [3.05, 3.63) is 0 Å². The Bertz CT molecular complexity index is 148. The number of carbonyl (C=O) groups is 1. The van der Waals surface area contributed by atoms with Crippen molar-refractivity contribution in [2.24, 2.45) is 5.73 Å². The Balaban J connectivity index is 3.42. The summed E-state index contributed by atoms with van der Waals surface area (Å²) in [4.78, 5) is 11.3. The molecule has 14 heavy (non-hydrogen) atoms. The van der Waals surface area contributed by atoms with E-state index in [4.69, 9.17) is 5.73 Å². The number of amides is 1. The van der Waals surface area contributed by atoms with Crippen molar-refractivity contribution in [3.63, 3.8) is 0 Å². The van der Waals surface area contributed by atoms with Gasteiger partial charge >= 0.3 is 0 Å². The highest BCUT2D eigenvalue weighted by Gasteiger charge is 2.11. The highest BCUT2D eigenvalue weighted by Crippen LogP contribution is 2.04. The Labute approximate surface area is 87.4 Å². The van der Waals surface area contributed by atoms with Gasteiger partial charge in [-0.05, 0) is 12.8 Å². The van der Waals surface area contributed by atoms with Crippen LogP contribution >= 0.6 is 0 Å². The van der Waals surface area contributed by atoms with E-state index in [1.54, 1.807) is 0 Å². The van der Waals surface area contributed by atoms with Gasteiger partial charge in [0.1, 0.15) is 0 Å². The third-order valence-electron chi connectivity index (χ3n) is 2.25. The van der Waals surface area contributed by atoms with Crippen LogP contribution in [-0.2, 0) is 4.79 Å². The van der Waals surface area contributed by atoms with Crippen LogP contribution in [0, 0.1) is 0 Å². The van der Waals surface area contributed by atoms with Crippen LogP contribution in [0.2, 0.25) is 0 Å². The minimum absolute atomic E-state index is 0.00310. The summed E-state index contributed by atoms with van der Waals surface area (Å²) < 4.78 is 0. The van der Waals surface area contributed by atoms with E-state index in [0.717, 1.165) is 25.8 Å². The molecule has 0 rings (SSSR count). The molecule has 0 aromatic heterocycles. The number of unbranched alkanes of at least 4 members (excludes halogenated alkanes) is 3. The second-order valence-electron chi connectivity index (χ2n) is 3.75. The van der Waals surface area contributed by atoms with Crippen molar-refractivity contribution in [2.45, 2.75) is 58.4 Å². The van der Waals surface area contributed by atoms with Gasteiger partial charge in [-0.3, -0.25) is 4.79 Å². The summed E-state index contributed by atoms with van der Waals surface area (Å²) in [6.07, 6.45) is 6.49. The minimum Gasteiger partial charge on any atom is -0.355 e. The van der Waals surface area contributed by atoms with Crippen LogP contribution in [0.1, 0.15) is 52.4 Å². The molecule has 0 aliphatic heterocycles. The van der Waals surface area contributed by atoms with Crippen molar-refractivity contribution >= 4 is 5.91 Å². The zero-order valence-corrected chi connectivity index (χ0v) is 9.51. The SMILES string of the molecule is CCCCCCC(N)C(=O)NCCC. The minimum atomic E-state index is -0.307. The first-order valence-electron chi connectivity index (χ1n) is 5.75. The van der Waals surface area contributed by atoms with E-state index in [9.17, 15) is 4.79 Å². The number of hydrogen-bond donors (Lipinski definition) is 2.